The van der Waals surface area contributed by atoms with Crippen LogP contribution in [0.1, 0.15) is 12.6 Å². The van der Waals surface area contributed by atoms with E-state index in [-0.39, 0.29) is 11.9 Å². The molecular weight excluding hydrogens is 254 g/mol. The maximum absolute atomic E-state index is 11.5. The van der Waals surface area contributed by atoms with Gasteiger partial charge in [0, 0.05) is 30.8 Å². The molecule has 1 unspecified atom stereocenters. The number of carbonyl (C=O) groups is 1. The zero-order valence-corrected chi connectivity index (χ0v) is 11.4. The van der Waals surface area contributed by atoms with Crippen LogP contribution in [0.5, 0.6) is 0 Å². The van der Waals surface area contributed by atoms with E-state index >= 15 is 0 Å². The Balaban J connectivity index is 1.70. The Kier molecular flexibility index (Phi) is 3.52. The van der Waals surface area contributed by atoms with Crippen LogP contribution in [-0.4, -0.2) is 35.1 Å². The molecule has 2 aromatic rings. The van der Waals surface area contributed by atoms with Gasteiger partial charge in [-0.1, -0.05) is 35.5 Å². The fraction of sp³-hybridized carbons (Fsp3) is 0.333. The van der Waals surface area contributed by atoms with Crippen LogP contribution in [0, 0.1) is 0 Å². The first-order chi connectivity index (χ1) is 9.70. The molecule has 0 radical (unpaired) electrons. The molecule has 1 aromatic carbocycles. The van der Waals surface area contributed by atoms with Crippen LogP contribution in [0.4, 0.5) is 0 Å². The number of rotatable bonds is 3. The van der Waals surface area contributed by atoms with E-state index in [4.69, 9.17) is 4.52 Å². The van der Waals surface area contributed by atoms with Gasteiger partial charge in [-0.05, 0) is 6.92 Å². The van der Waals surface area contributed by atoms with E-state index in [1.54, 1.807) is 0 Å². The molecule has 5 heteroatoms. The second-order valence-corrected chi connectivity index (χ2v) is 5.19. The smallest absolute Gasteiger partial charge is 0.234 e. The Morgan fingerprint density at radius 2 is 2.20 bits per heavy atom. The lowest BCUT2D eigenvalue weighted by molar-refractivity contribution is -0.125. The van der Waals surface area contributed by atoms with Gasteiger partial charge in [0.15, 0.2) is 5.76 Å². The van der Waals surface area contributed by atoms with Crippen LogP contribution >= 0.6 is 0 Å². The van der Waals surface area contributed by atoms with Crippen molar-refractivity contribution in [2.75, 3.05) is 13.1 Å². The van der Waals surface area contributed by atoms with Crippen molar-refractivity contribution < 1.29 is 9.32 Å². The molecule has 20 heavy (non-hydrogen) atoms. The van der Waals surface area contributed by atoms with Crippen LogP contribution in [0.2, 0.25) is 0 Å². The number of carbonyl (C=O) groups excluding carboxylic acids is 1. The number of aromatic nitrogens is 1. The molecular formula is C15H17N3O2. The number of nitrogens with one attached hydrogen (secondary N) is 1. The molecule has 0 bridgehead atoms. The van der Waals surface area contributed by atoms with Gasteiger partial charge in [0.1, 0.15) is 0 Å². The summed E-state index contributed by atoms with van der Waals surface area (Å²) in [6, 6.07) is 12.0. The highest BCUT2D eigenvalue weighted by Crippen LogP contribution is 2.20. The minimum Gasteiger partial charge on any atom is -0.356 e. The first-order valence-corrected chi connectivity index (χ1v) is 6.73. The zero-order valence-electron chi connectivity index (χ0n) is 11.4. The van der Waals surface area contributed by atoms with Crippen molar-refractivity contribution in [2.24, 2.45) is 0 Å². The predicted molar refractivity (Wildman–Crippen MR) is 74.8 cm³/mol. The summed E-state index contributed by atoms with van der Waals surface area (Å²) < 4.78 is 5.37. The molecule has 5 nitrogen and oxygen atoms in total. The molecule has 1 aliphatic rings. The lowest BCUT2D eigenvalue weighted by Crippen LogP contribution is -2.52. The van der Waals surface area contributed by atoms with E-state index in [0.29, 0.717) is 13.1 Å². The van der Waals surface area contributed by atoms with Gasteiger partial charge in [0.25, 0.3) is 0 Å². The Morgan fingerprint density at radius 1 is 1.40 bits per heavy atom. The van der Waals surface area contributed by atoms with Crippen LogP contribution in [0.3, 0.4) is 0 Å². The third-order valence-corrected chi connectivity index (χ3v) is 3.31. The summed E-state index contributed by atoms with van der Waals surface area (Å²) in [5.74, 6) is 0.825. The van der Waals surface area contributed by atoms with Crippen molar-refractivity contribution in [3.05, 3.63) is 42.1 Å². The van der Waals surface area contributed by atoms with Gasteiger partial charge in [-0.15, -0.1) is 0 Å². The highest BCUT2D eigenvalue weighted by molar-refractivity contribution is 5.79. The largest absolute Gasteiger partial charge is 0.356 e. The molecule has 3 rings (SSSR count). The maximum Gasteiger partial charge on any atom is 0.234 e. The zero-order chi connectivity index (χ0) is 13.9. The summed E-state index contributed by atoms with van der Waals surface area (Å²) in [7, 11) is 0. The van der Waals surface area contributed by atoms with Crippen LogP contribution in [0.25, 0.3) is 11.3 Å². The summed E-state index contributed by atoms with van der Waals surface area (Å²) in [6.07, 6.45) is 0. The highest BCUT2D eigenvalue weighted by Gasteiger charge is 2.22. The molecule has 1 atom stereocenters. The van der Waals surface area contributed by atoms with Gasteiger partial charge in [-0.3, -0.25) is 9.69 Å². The average molecular weight is 271 g/mol. The first kappa shape index (κ1) is 12.9. The molecule has 104 valence electrons. The van der Waals surface area contributed by atoms with Gasteiger partial charge in [0.2, 0.25) is 5.91 Å². The molecule has 0 spiro atoms. The average Bonchev–Trinajstić information content (AvgIpc) is 2.87. The van der Waals surface area contributed by atoms with Gasteiger partial charge in [-0.25, -0.2) is 0 Å². The van der Waals surface area contributed by atoms with Crippen molar-refractivity contribution in [2.45, 2.75) is 19.5 Å². The lowest BCUT2D eigenvalue weighted by atomic mass is 10.1. The van der Waals surface area contributed by atoms with Crippen molar-refractivity contribution in [1.82, 2.24) is 15.4 Å². The molecule has 1 amide bonds. The Bertz CT molecular complexity index is 594. The molecule has 0 aliphatic carbocycles. The number of piperazine rings is 1. The molecule has 1 N–H and O–H groups in total. The lowest BCUT2D eigenvalue weighted by Gasteiger charge is -2.30. The fourth-order valence-corrected chi connectivity index (χ4v) is 2.50. The minimum absolute atomic E-state index is 0.0653. The minimum atomic E-state index is 0.0653. The standard InChI is InChI=1S/C15H17N3O2/c1-11-8-18(10-15(19)16-11)9-13-7-14(20-17-13)12-5-3-2-4-6-12/h2-7,11H,8-10H2,1H3,(H,16,19). The van der Waals surface area contributed by atoms with Gasteiger partial charge < -0.3 is 9.84 Å². The molecule has 1 fully saturated rings. The first-order valence-electron chi connectivity index (χ1n) is 6.73. The summed E-state index contributed by atoms with van der Waals surface area (Å²) in [6.45, 7) is 3.88. The summed E-state index contributed by atoms with van der Waals surface area (Å²) in [5.41, 5.74) is 1.86. The van der Waals surface area contributed by atoms with Gasteiger partial charge in [-0.2, -0.15) is 0 Å². The van der Waals surface area contributed by atoms with Crippen LogP contribution in [0.15, 0.2) is 40.9 Å². The quantitative estimate of drug-likeness (QED) is 0.922. The molecule has 1 saturated heterocycles. The molecule has 2 heterocycles. The van der Waals surface area contributed by atoms with Gasteiger partial charge in [0.05, 0.1) is 12.2 Å². The fourth-order valence-electron chi connectivity index (χ4n) is 2.50. The number of nitrogens with zero attached hydrogens (tertiary/aromatic N) is 2. The maximum atomic E-state index is 11.5. The third kappa shape index (κ3) is 2.88. The summed E-state index contributed by atoms with van der Waals surface area (Å²) in [5, 5.41) is 6.99. The SMILES string of the molecule is CC1CN(Cc2cc(-c3ccccc3)on2)CC(=O)N1. The third-order valence-electron chi connectivity index (χ3n) is 3.31. The second-order valence-electron chi connectivity index (χ2n) is 5.19. The molecule has 0 saturated carbocycles. The Labute approximate surface area is 117 Å². The summed E-state index contributed by atoms with van der Waals surface area (Å²) in [4.78, 5) is 13.6. The Hall–Kier alpha value is -2.14. The van der Waals surface area contributed by atoms with E-state index < -0.39 is 0 Å². The topological polar surface area (TPSA) is 58.4 Å². The van der Waals surface area contributed by atoms with Crippen LogP contribution < -0.4 is 5.32 Å². The number of benzene rings is 1. The summed E-state index contributed by atoms with van der Waals surface area (Å²) >= 11 is 0. The van der Waals surface area contributed by atoms with Crippen molar-refractivity contribution >= 4 is 5.91 Å². The van der Waals surface area contributed by atoms with Crippen LogP contribution in [-0.2, 0) is 11.3 Å². The Morgan fingerprint density at radius 3 is 2.95 bits per heavy atom. The van der Waals surface area contributed by atoms with Crippen molar-refractivity contribution in [1.29, 1.82) is 0 Å². The normalized spacial score (nSPS) is 19.9. The van der Waals surface area contributed by atoms with E-state index in [9.17, 15) is 4.79 Å². The number of hydrogen-bond donors (Lipinski definition) is 1. The van der Waals surface area contributed by atoms with E-state index in [2.05, 4.69) is 15.4 Å². The monoisotopic (exact) mass is 271 g/mol. The molecule has 1 aromatic heterocycles. The van der Waals surface area contributed by atoms with E-state index in [0.717, 1.165) is 23.6 Å². The van der Waals surface area contributed by atoms with Crippen molar-refractivity contribution in [3.63, 3.8) is 0 Å². The van der Waals surface area contributed by atoms with Crippen molar-refractivity contribution in [3.8, 4) is 11.3 Å². The predicted octanol–water partition coefficient (Wildman–Crippen LogP) is 1.66. The van der Waals surface area contributed by atoms with Gasteiger partial charge >= 0.3 is 0 Å². The number of hydrogen-bond acceptors (Lipinski definition) is 4. The highest BCUT2D eigenvalue weighted by atomic mass is 16.5. The van der Waals surface area contributed by atoms with E-state index in [1.807, 2.05) is 43.3 Å². The van der Waals surface area contributed by atoms with E-state index in [1.165, 1.54) is 0 Å². The second kappa shape index (κ2) is 5.46. The number of amides is 1. The molecule has 1 aliphatic heterocycles.